The van der Waals surface area contributed by atoms with Crippen molar-refractivity contribution >= 4 is 40.5 Å². The zero-order chi connectivity index (χ0) is 50.3. The largest absolute Gasteiger partial charge is 0.748 e. The first-order valence-electron chi connectivity index (χ1n) is 23.3. The molecule has 16 nitrogen and oxygen atoms in total. The fourth-order valence-corrected chi connectivity index (χ4v) is 9.89. The van der Waals surface area contributed by atoms with E-state index in [1.54, 1.807) is 0 Å². The summed E-state index contributed by atoms with van der Waals surface area (Å²) in [6.07, 6.45) is 37.0. The van der Waals surface area contributed by atoms with Gasteiger partial charge in [0.2, 0.25) is 0 Å². The van der Waals surface area contributed by atoms with E-state index in [1.165, 1.54) is 36.0 Å². The number of nitrogens with zero attached hydrogens (tertiary/aromatic N) is 4. The molecule has 3 aliphatic rings. The number of hydrogen-bond donors (Lipinski definition) is 1. The van der Waals surface area contributed by atoms with E-state index in [-0.39, 0.29) is 23.0 Å². The van der Waals surface area contributed by atoms with Crippen LogP contribution in [0.3, 0.4) is 0 Å². The summed E-state index contributed by atoms with van der Waals surface area (Å²) >= 11 is 0. The van der Waals surface area contributed by atoms with E-state index >= 15 is 0 Å². The van der Waals surface area contributed by atoms with Crippen molar-refractivity contribution in [3.63, 3.8) is 0 Å². The monoisotopic (exact) mass is 1030 g/mol. The Labute approximate surface area is 406 Å². The maximum absolute atomic E-state index is 10.5. The van der Waals surface area contributed by atoms with Crippen LogP contribution in [-0.2, 0) is 60.1 Å². The molecule has 0 amide bonds. The Morgan fingerprint density at radius 2 is 0.750 bits per heavy atom. The van der Waals surface area contributed by atoms with Gasteiger partial charge in [0, 0.05) is 79.3 Å². The van der Waals surface area contributed by atoms with Gasteiger partial charge < -0.3 is 18.1 Å². The van der Waals surface area contributed by atoms with E-state index in [9.17, 15) is 47.3 Å². The second kappa shape index (κ2) is 28.8. The first-order chi connectivity index (χ1) is 31.8. The SMILES string of the molecule is C[N+](C)(C)CCCS(=O)(=O)O.O=S(=O)([O-])CCC[n+]1ccc(C2CC=CCC2)cc1.O=S(=O)([O-])CCC[n+]1ccc(C2CC=CCC2)cc1.O=S(=O)([O-])CCC[n+]1ccc(C2CC=CCC2)cc1. The van der Waals surface area contributed by atoms with Crippen molar-refractivity contribution in [2.45, 2.75) is 121 Å². The molecule has 3 aliphatic carbocycles. The molecule has 3 heterocycles. The standard InChI is InChI=1S/3C14H19NO3S.C6H15NO3S/c3*16-19(17,18)12-4-9-15-10-7-14(8-11-15)13-5-2-1-3-6-13;1-7(2,3)5-4-6-11(8,9)10/h3*1-2,7-8,10-11,13H,3-6,9,12H2;4-6H2,1-3H3/p+1. The van der Waals surface area contributed by atoms with Crippen molar-refractivity contribution < 1.29 is 70.1 Å². The van der Waals surface area contributed by atoms with Crippen LogP contribution >= 0.6 is 0 Å². The zero-order valence-electron chi connectivity index (χ0n) is 39.8. The van der Waals surface area contributed by atoms with Crippen molar-refractivity contribution in [1.82, 2.24) is 0 Å². The highest BCUT2D eigenvalue weighted by Crippen LogP contribution is 2.30. The summed E-state index contributed by atoms with van der Waals surface area (Å²) < 4.78 is 130. The molecule has 3 aromatic heterocycles. The Balaban J connectivity index is 0.000000245. The molecule has 0 saturated heterocycles. The molecule has 0 spiro atoms. The highest BCUT2D eigenvalue weighted by atomic mass is 32.2. The molecule has 0 aliphatic heterocycles. The highest BCUT2D eigenvalue weighted by molar-refractivity contribution is 7.86. The minimum absolute atomic E-state index is 0.136. The third kappa shape index (κ3) is 28.1. The lowest BCUT2D eigenvalue weighted by molar-refractivity contribution is -0.870. The zero-order valence-corrected chi connectivity index (χ0v) is 43.1. The van der Waals surface area contributed by atoms with Crippen LogP contribution in [-0.4, -0.2) is 107 Å². The fraction of sp³-hybridized carbons (Fsp3) is 0.562. The second-order valence-electron chi connectivity index (χ2n) is 18.6. The lowest BCUT2D eigenvalue weighted by Gasteiger charge is -2.23. The Kier molecular flexibility index (Phi) is 24.8. The molecular formula is C48H73N4O12S4+. The average molecular weight is 1030 g/mol. The van der Waals surface area contributed by atoms with Crippen molar-refractivity contribution in [3.05, 3.63) is 127 Å². The smallest absolute Gasteiger partial charge is 0.265 e. The van der Waals surface area contributed by atoms with Gasteiger partial charge in [0.25, 0.3) is 10.1 Å². The van der Waals surface area contributed by atoms with Crippen molar-refractivity contribution in [2.24, 2.45) is 0 Å². The number of rotatable bonds is 19. The number of aryl methyl sites for hydroxylation is 3. The van der Waals surface area contributed by atoms with E-state index in [0.717, 1.165) is 49.6 Å². The van der Waals surface area contributed by atoms with Gasteiger partial charge in [-0.25, -0.2) is 39.0 Å². The second-order valence-corrected chi connectivity index (χ2v) is 24.7. The molecule has 0 radical (unpaired) electrons. The molecule has 3 aromatic rings. The minimum Gasteiger partial charge on any atom is -0.748 e. The van der Waals surface area contributed by atoms with Crippen LogP contribution in [0.5, 0.6) is 0 Å². The molecule has 3 unspecified atom stereocenters. The number of aromatic nitrogens is 3. The van der Waals surface area contributed by atoms with Crippen molar-refractivity contribution in [2.75, 3.05) is 50.7 Å². The Morgan fingerprint density at radius 1 is 0.471 bits per heavy atom. The third-order valence-corrected chi connectivity index (χ3v) is 14.8. The molecular weight excluding hydrogens is 953 g/mol. The fourth-order valence-electron chi connectivity index (χ4n) is 7.95. The minimum atomic E-state index is -4.09. The molecule has 0 aromatic carbocycles. The number of pyridine rings is 3. The van der Waals surface area contributed by atoms with Gasteiger partial charge in [-0.1, -0.05) is 36.5 Å². The van der Waals surface area contributed by atoms with Gasteiger partial charge in [-0.2, -0.15) is 8.42 Å². The van der Waals surface area contributed by atoms with Gasteiger partial charge in [-0.15, -0.1) is 0 Å². The van der Waals surface area contributed by atoms with Crippen LogP contribution in [0.15, 0.2) is 110 Å². The summed E-state index contributed by atoms with van der Waals surface area (Å²) in [4.78, 5) is 0. The van der Waals surface area contributed by atoms with E-state index in [1.807, 2.05) is 72.0 Å². The summed E-state index contributed by atoms with van der Waals surface area (Å²) in [6.45, 7) is 2.44. The van der Waals surface area contributed by atoms with E-state index in [0.29, 0.717) is 63.1 Å². The quantitative estimate of drug-likeness (QED) is 0.0709. The molecule has 0 bridgehead atoms. The molecule has 1 N–H and O–H groups in total. The lowest BCUT2D eigenvalue weighted by atomic mass is 9.88. The van der Waals surface area contributed by atoms with Crippen LogP contribution in [0, 0.1) is 0 Å². The van der Waals surface area contributed by atoms with Crippen LogP contribution in [0.2, 0.25) is 0 Å². The molecule has 3 atom stereocenters. The topological polar surface area (TPSA) is 238 Å². The first kappa shape index (κ1) is 58.6. The van der Waals surface area contributed by atoms with Gasteiger partial charge in [0.05, 0.1) is 63.8 Å². The number of allylic oxidation sites excluding steroid dienone is 6. The summed E-state index contributed by atoms with van der Waals surface area (Å²) in [5.74, 6) is 0.771. The van der Waals surface area contributed by atoms with E-state index in [2.05, 4.69) is 72.9 Å². The third-order valence-electron chi connectivity index (χ3n) is 11.6. The van der Waals surface area contributed by atoms with Crippen LogP contribution in [0.4, 0.5) is 0 Å². The maximum atomic E-state index is 10.5. The van der Waals surface area contributed by atoms with Crippen molar-refractivity contribution in [1.29, 1.82) is 0 Å². The van der Waals surface area contributed by atoms with Gasteiger partial charge >= 0.3 is 0 Å². The number of quaternary nitrogens is 1. The normalized spacial score (nSPS) is 18.5. The Morgan fingerprint density at radius 3 is 0.956 bits per heavy atom. The lowest BCUT2D eigenvalue weighted by Crippen LogP contribution is -2.36. The summed E-state index contributed by atoms with van der Waals surface area (Å²) in [5, 5.41) is 0. The van der Waals surface area contributed by atoms with Crippen LogP contribution in [0.1, 0.15) is 118 Å². The average Bonchev–Trinajstić information content (AvgIpc) is 3.27. The molecule has 0 fully saturated rings. The summed E-state index contributed by atoms with van der Waals surface area (Å²) in [6, 6.07) is 12.6. The van der Waals surface area contributed by atoms with Crippen molar-refractivity contribution in [3.8, 4) is 0 Å². The molecule has 20 heteroatoms. The van der Waals surface area contributed by atoms with Gasteiger partial charge in [-0.05, 0) is 92.2 Å². The molecule has 68 heavy (non-hydrogen) atoms. The van der Waals surface area contributed by atoms with Gasteiger partial charge in [0.15, 0.2) is 37.2 Å². The van der Waals surface area contributed by atoms with Crippen LogP contribution in [0.25, 0.3) is 0 Å². The van der Waals surface area contributed by atoms with E-state index < -0.39 is 40.5 Å². The Bertz CT molecular complexity index is 2250. The van der Waals surface area contributed by atoms with E-state index in [4.69, 9.17) is 4.55 Å². The summed E-state index contributed by atoms with van der Waals surface area (Å²) in [7, 11) is -10.1. The number of hydrogen-bond acceptors (Lipinski definition) is 11. The maximum Gasteiger partial charge on any atom is 0.265 e. The summed E-state index contributed by atoms with van der Waals surface area (Å²) in [5.41, 5.74) is 3.99. The molecule has 6 rings (SSSR count). The predicted octanol–water partition coefficient (Wildman–Crippen LogP) is 5.17. The Hall–Kier alpha value is -3.73. The van der Waals surface area contributed by atoms with Gasteiger partial charge in [0.1, 0.15) is 19.6 Å². The highest BCUT2D eigenvalue weighted by Gasteiger charge is 2.17. The van der Waals surface area contributed by atoms with Gasteiger partial charge in [-0.3, -0.25) is 4.55 Å². The molecule has 0 saturated carbocycles. The molecule has 380 valence electrons. The predicted molar refractivity (Wildman–Crippen MR) is 259 cm³/mol. The van der Waals surface area contributed by atoms with Crippen LogP contribution < -0.4 is 13.7 Å². The first-order valence-corrected chi connectivity index (χ1v) is 29.7.